The number of aliphatic carboxylic acids is 1. The Bertz CT molecular complexity index is 1130. The maximum absolute atomic E-state index is 10.8. The number of carboxylic acid groups (broad SMARTS) is 1. The summed E-state index contributed by atoms with van der Waals surface area (Å²) in [5.74, 6) is -0.0226. The molecule has 0 aliphatic carbocycles. The number of hydrogen-bond donors (Lipinski definition) is 1. The van der Waals surface area contributed by atoms with Gasteiger partial charge in [0.1, 0.15) is 10.8 Å². The molecule has 0 fully saturated rings. The van der Waals surface area contributed by atoms with Crippen LogP contribution in [-0.4, -0.2) is 46.7 Å². The van der Waals surface area contributed by atoms with E-state index in [4.69, 9.17) is 21.4 Å². The van der Waals surface area contributed by atoms with Gasteiger partial charge in [-0.15, -0.1) is 11.3 Å². The van der Waals surface area contributed by atoms with Crippen molar-refractivity contribution >= 4 is 28.9 Å². The maximum atomic E-state index is 10.8. The van der Waals surface area contributed by atoms with Crippen LogP contribution in [0.2, 0.25) is 5.02 Å². The topological polar surface area (TPSA) is 62.7 Å². The van der Waals surface area contributed by atoms with Crippen molar-refractivity contribution < 1.29 is 14.6 Å². The standard InChI is InChI=1S/C26H29ClN2O3S/c1-17(2)32-23-8-7-20(15-22(23)27)24-16-28-26(33-24)21-6-5-18-9-12-29(11-3-4-25(30)31)13-10-19(18)14-21/h5-8,14-17H,3-4,9-13H2,1-2H3,(H,30,31). The molecule has 33 heavy (non-hydrogen) atoms. The van der Waals surface area contributed by atoms with Crippen LogP contribution in [0.3, 0.4) is 0 Å². The lowest BCUT2D eigenvalue weighted by Gasteiger charge is -2.18. The minimum Gasteiger partial charge on any atom is -0.489 e. The molecule has 5 nitrogen and oxygen atoms in total. The first-order chi connectivity index (χ1) is 15.9. The summed E-state index contributed by atoms with van der Waals surface area (Å²) in [6.07, 6.45) is 4.89. The van der Waals surface area contributed by atoms with Gasteiger partial charge in [0.2, 0.25) is 0 Å². The maximum Gasteiger partial charge on any atom is 0.303 e. The summed E-state index contributed by atoms with van der Waals surface area (Å²) in [6, 6.07) is 12.5. The van der Waals surface area contributed by atoms with E-state index in [2.05, 4.69) is 28.1 Å². The van der Waals surface area contributed by atoms with Crippen molar-refractivity contribution in [2.75, 3.05) is 19.6 Å². The first kappa shape index (κ1) is 23.7. The Morgan fingerprint density at radius 1 is 1.15 bits per heavy atom. The van der Waals surface area contributed by atoms with Gasteiger partial charge in [0.15, 0.2) is 0 Å². The van der Waals surface area contributed by atoms with Gasteiger partial charge in [-0.25, -0.2) is 4.98 Å². The largest absolute Gasteiger partial charge is 0.489 e. The smallest absolute Gasteiger partial charge is 0.303 e. The van der Waals surface area contributed by atoms with Gasteiger partial charge in [0.25, 0.3) is 0 Å². The van der Waals surface area contributed by atoms with Crippen molar-refractivity contribution in [3.63, 3.8) is 0 Å². The molecule has 1 aliphatic rings. The highest BCUT2D eigenvalue weighted by Gasteiger charge is 2.16. The molecule has 0 radical (unpaired) electrons. The summed E-state index contributed by atoms with van der Waals surface area (Å²) in [7, 11) is 0. The number of ether oxygens (including phenoxy) is 1. The normalized spacial score (nSPS) is 14.2. The summed E-state index contributed by atoms with van der Waals surface area (Å²) in [5.41, 5.74) is 4.91. The molecule has 0 atom stereocenters. The lowest BCUT2D eigenvalue weighted by Crippen LogP contribution is -2.27. The molecule has 1 aromatic heterocycles. The molecule has 174 valence electrons. The fourth-order valence-corrected chi connectivity index (χ4v) is 5.26. The van der Waals surface area contributed by atoms with Gasteiger partial charge in [-0.05, 0) is 80.6 Å². The second-order valence-electron chi connectivity index (χ2n) is 8.66. The van der Waals surface area contributed by atoms with E-state index in [-0.39, 0.29) is 12.5 Å². The summed E-state index contributed by atoms with van der Waals surface area (Å²) >= 11 is 8.09. The Kier molecular flexibility index (Phi) is 7.68. The number of thiazole rings is 1. The molecule has 2 aromatic carbocycles. The first-order valence-corrected chi connectivity index (χ1v) is 12.6. The summed E-state index contributed by atoms with van der Waals surface area (Å²) < 4.78 is 5.74. The lowest BCUT2D eigenvalue weighted by molar-refractivity contribution is -0.137. The molecule has 0 saturated heterocycles. The van der Waals surface area contributed by atoms with Crippen LogP contribution in [0.25, 0.3) is 21.0 Å². The minimum atomic E-state index is -0.720. The molecule has 0 unspecified atom stereocenters. The van der Waals surface area contributed by atoms with Crippen LogP contribution >= 0.6 is 22.9 Å². The van der Waals surface area contributed by atoms with Crippen molar-refractivity contribution in [3.8, 4) is 26.8 Å². The van der Waals surface area contributed by atoms with Gasteiger partial charge in [0.05, 0.1) is 16.0 Å². The van der Waals surface area contributed by atoms with Gasteiger partial charge >= 0.3 is 5.97 Å². The van der Waals surface area contributed by atoms with Crippen LogP contribution in [-0.2, 0) is 17.6 Å². The average molecular weight is 485 g/mol. The van der Waals surface area contributed by atoms with Crippen LogP contribution < -0.4 is 4.74 Å². The third kappa shape index (κ3) is 6.14. The molecule has 0 amide bonds. The average Bonchev–Trinajstić information content (AvgIpc) is 3.18. The molecular formula is C26H29ClN2O3S. The number of aromatic nitrogens is 1. The van der Waals surface area contributed by atoms with Crippen LogP contribution in [0.15, 0.2) is 42.6 Å². The second-order valence-corrected chi connectivity index (χ2v) is 10.1. The predicted octanol–water partition coefficient (Wildman–Crippen LogP) is 6.18. The minimum absolute atomic E-state index is 0.0772. The van der Waals surface area contributed by atoms with Crippen LogP contribution in [0.5, 0.6) is 5.75 Å². The number of nitrogens with zero attached hydrogens (tertiary/aromatic N) is 2. The highest BCUT2D eigenvalue weighted by Crippen LogP contribution is 2.36. The monoisotopic (exact) mass is 484 g/mol. The second kappa shape index (κ2) is 10.7. The summed E-state index contributed by atoms with van der Waals surface area (Å²) in [4.78, 5) is 18.9. The van der Waals surface area contributed by atoms with Crippen LogP contribution in [0, 0.1) is 0 Å². The fraction of sp³-hybridized carbons (Fsp3) is 0.385. The number of rotatable bonds is 8. The molecule has 0 saturated carbocycles. The zero-order valence-corrected chi connectivity index (χ0v) is 20.6. The van der Waals surface area contributed by atoms with E-state index in [9.17, 15) is 4.79 Å². The fourth-order valence-electron chi connectivity index (χ4n) is 4.13. The zero-order chi connectivity index (χ0) is 23.4. The van der Waals surface area contributed by atoms with Crippen molar-refractivity contribution in [2.45, 2.75) is 45.6 Å². The van der Waals surface area contributed by atoms with Crippen molar-refractivity contribution in [1.82, 2.24) is 9.88 Å². The molecule has 1 N–H and O–H groups in total. The highest BCUT2D eigenvalue weighted by molar-refractivity contribution is 7.18. The third-order valence-corrected chi connectivity index (χ3v) is 7.19. The zero-order valence-electron chi connectivity index (χ0n) is 19.0. The van der Waals surface area contributed by atoms with Gasteiger partial charge in [0, 0.05) is 31.3 Å². The number of carboxylic acids is 1. The van der Waals surface area contributed by atoms with Crippen molar-refractivity contribution in [2.24, 2.45) is 0 Å². The number of benzene rings is 2. The Labute approximate surface area is 204 Å². The molecule has 4 rings (SSSR count). The van der Waals surface area contributed by atoms with E-state index in [0.29, 0.717) is 17.2 Å². The number of carbonyl (C=O) groups is 1. The van der Waals surface area contributed by atoms with Gasteiger partial charge in [-0.1, -0.05) is 23.7 Å². The summed E-state index contributed by atoms with van der Waals surface area (Å²) in [6.45, 7) is 6.74. The van der Waals surface area contributed by atoms with E-state index in [1.165, 1.54) is 11.1 Å². The van der Waals surface area contributed by atoms with E-state index in [0.717, 1.165) is 53.5 Å². The van der Waals surface area contributed by atoms with Gasteiger partial charge in [-0.3, -0.25) is 4.79 Å². The molecule has 3 aromatic rings. The molecule has 7 heteroatoms. The van der Waals surface area contributed by atoms with Crippen LogP contribution in [0.1, 0.15) is 37.8 Å². The molecular weight excluding hydrogens is 456 g/mol. The number of halogens is 1. The molecule has 0 spiro atoms. The van der Waals surface area contributed by atoms with E-state index in [1.54, 1.807) is 11.3 Å². The first-order valence-electron chi connectivity index (χ1n) is 11.4. The Morgan fingerprint density at radius 3 is 2.64 bits per heavy atom. The number of fused-ring (bicyclic) bond motifs is 1. The van der Waals surface area contributed by atoms with E-state index >= 15 is 0 Å². The number of hydrogen-bond acceptors (Lipinski definition) is 5. The van der Waals surface area contributed by atoms with Gasteiger partial charge in [-0.2, -0.15) is 0 Å². The Balaban J connectivity index is 1.46. The highest BCUT2D eigenvalue weighted by atomic mass is 35.5. The predicted molar refractivity (Wildman–Crippen MR) is 134 cm³/mol. The Morgan fingerprint density at radius 2 is 1.91 bits per heavy atom. The quantitative estimate of drug-likeness (QED) is 0.413. The van der Waals surface area contributed by atoms with Gasteiger partial charge < -0.3 is 14.7 Å². The van der Waals surface area contributed by atoms with Crippen LogP contribution in [0.4, 0.5) is 0 Å². The van der Waals surface area contributed by atoms with Crippen molar-refractivity contribution in [3.05, 3.63) is 58.7 Å². The molecule has 2 heterocycles. The SMILES string of the molecule is CC(C)Oc1ccc(-c2cnc(-c3ccc4c(c3)CCN(CCCC(=O)O)CC4)s2)cc1Cl. The Hall–Kier alpha value is -2.41. The summed E-state index contributed by atoms with van der Waals surface area (Å²) in [5, 5.41) is 10.5. The van der Waals surface area contributed by atoms with E-state index in [1.807, 2.05) is 38.2 Å². The third-order valence-electron chi connectivity index (χ3n) is 5.80. The van der Waals surface area contributed by atoms with Crippen molar-refractivity contribution in [1.29, 1.82) is 0 Å². The molecule has 1 aliphatic heterocycles. The molecule has 0 bridgehead atoms. The lowest BCUT2D eigenvalue weighted by atomic mass is 10.0. The van der Waals surface area contributed by atoms with E-state index < -0.39 is 5.97 Å².